The number of nitrogens with zero attached hydrogens (tertiary/aromatic N) is 1. The Balaban J connectivity index is 1.88. The van der Waals surface area contributed by atoms with E-state index in [0.29, 0.717) is 24.2 Å². The van der Waals surface area contributed by atoms with Crippen molar-refractivity contribution in [1.82, 2.24) is 15.2 Å². The third-order valence-electron chi connectivity index (χ3n) is 3.21. The summed E-state index contributed by atoms with van der Waals surface area (Å²) in [5.74, 6) is -0.496. The molecule has 1 aromatic heterocycles. The molecular formula is C12H13N3O4. The third-order valence-corrected chi connectivity index (χ3v) is 3.21. The molecule has 7 heteroatoms. The molecule has 100 valence electrons. The average Bonchev–Trinajstić information content (AvgIpc) is 2.91. The van der Waals surface area contributed by atoms with Crippen molar-refractivity contribution in [3.05, 3.63) is 34.3 Å². The van der Waals surface area contributed by atoms with E-state index in [0.717, 1.165) is 5.56 Å². The van der Waals surface area contributed by atoms with E-state index in [1.54, 1.807) is 17.0 Å². The molecule has 0 spiro atoms. The van der Waals surface area contributed by atoms with Crippen LogP contribution in [0.1, 0.15) is 11.6 Å². The van der Waals surface area contributed by atoms with E-state index in [9.17, 15) is 9.59 Å². The molecule has 1 fully saturated rings. The molecule has 1 aromatic carbocycles. The van der Waals surface area contributed by atoms with Gasteiger partial charge in [0.2, 0.25) is 0 Å². The van der Waals surface area contributed by atoms with Crippen LogP contribution in [0.25, 0.3) is 11.1 Å². The molecule has 1 saturated heterocycles. The number of benzene rings is 1. The lowest BCUT2D eigenvalue weighted by atomic mass is 10.1. The van der Waals surface area contributed by atoms with Crippen LogP contribution in [0.3, 0.4) is 0 Å². The van der Waals surface area contributed by atoms with Crippen LogP contribution in [-0.4, -0.2) is 40.7 Å². The van der Waals surface area contributed by atoms with Crippen LogP contribution in [0.15, 0.2) is 27.4 Å². The van der Waals surface area contributed by atoms with Crippen molar-refractivity contribution in [2.45, 2.75) is 6.04 Å². The fourth-order valence-electron chi connectivity index (χ4n) is 2.27. The van der Waals surface area contributed by atoms with Crippen molar-refractivity contribution in [3.63, 3.8) is 0 Å². The SMILES string of the molecule is O=C1NC(c2ccc3[nH]c(=O)oc3c2)CN1CCO. The molecule has 2 heterocycles. The van der Waals surface area contributed by atoms with Gasteiger partial charge in [0.1, 0.15) is 0 Å². The minimum atomic E-state index is -0.496. The van der Waals surface area contributed by atoms with E-state index < -0.39 is 5.76 Å². The zero-order chi connectivity index (χ0) is 13.4. The minimum Gasteiger partial charge on any atom is -0.408 e. The number of hydrogen-bond acceptors (Lipinski definition) is 4. The van der Waals surface area contributed by atoms with Gasteiger partial charge in [0, 0.05) is 13.1 Å². The third kappa shape index (κ3) is 2.08. The molecule has 3 rings (SSSR count). The number of amides is 2. The second-order valence-corrected chi connectivity index (χ2v) is 4.44. The number of aliphatic hydroxyl groups is 1. The molecule has 2 aromatic rings. The lowest BCUT2D eigenvalue weighted by molar-refractivity contribution is 0.196. The zero-order valence-corrected chi connectivity index (χ0v) is 10.0. The number of aromatic amines is 1. The van der Waals surface area contributed by atoms with Crippen LogP contribution >= 0.6 is 0 Å². The quantitative estimate of drug-likeness (QED) is 0.735. The number of carbonyl (C=O) groups is 1. The molecular weight excluding hydrogens is 250 g/mol. The van der Waals surface area contributed by atoms with E-state index in [1.165, 1.54) is 0 Å². The maximum Gasteiger partial charge on any atom is 0.417 e. The Labute approximate surface area is 107 Å². The molecule has 7 nitrogen and oxygen atoms in total. The van der Waals surface area contributed by atoms with E-state index >= 15 is 0 Å². The van der Waals surface area contributed by atoms with Crippen LogP contribution in [-0.2, 0) is 0 Å². The average molecular weight is 263 g/mol. The number of rotatable bonds is 3. The topological polar surface area (TPSA) is 98.6 Å². The largest absolute Gasteiger partial charge is 0.417 e. The molecule has 0 saturated carbocycles. The van der Waals surface area contributed by atoms with Crippen molar-refractivity contribution in [1.29, 1.82) is 0 Å². The summed E-state index contributed by atoms with van der Waals surface area (Å²) < 4.78 is 4.99. The smallest absolute Gasteiger partial charge is 0.408 e. The van der Waals surface area contributed by atoms with E-state index in [-0.39, 0.29) is 18.7 Å². The molecule has 1 aliphatic heterocycles. The van der Waals surface area contributed by atoms with Crippen molar-refractivity contribution < 1.29 is 14.3 Å². The molecule has 0 radical (unpaired) electrons. The predicted molar refractivity (Wildman–Crippen MR) is 66.8 cm³/mol. The highest BCUT2D eigenvalue weighted by atomic mass is 16.4. The fraction of sp³-hybridized carbons (Fsp3) is 0.333. The Morgan fingerprint density at radius 1 is 1.42 bits per heavy atom. The monoisotopic (exact) mass is 263 g/mol. The van der Waals surface area contributed by atoms with Gasteiger partial charge in [0.05, 0.1) is 18.2 Å². The minimum absolute atomic E-state index is 0.0636. The summed E-state index contributed by atoms with van der Waals surface area (Å²) in [7, 11) is 0. The number of hydrogen-bond donors (Lipinski definition) is 3. The summed E-state index contributed by atoms with van der Waals surface area (Å²) in [5, 5.41) is 11.7. The van der Waals surface area contributed by atoms with Crippen LogP contribution < -0.4 is 11.1 Å². The second-order valence-electron chi connectivity index (χ2n) is 4.44. The van der Waals surface area contributed by atoms with Gasteiger partial charge in [-0.25, -0.2) is 9.59 Å². The summed E-state index contributed by atoms with van der Waals surface area (Å²) in [5.41, 5.74) is 1.96. The Morgan fingerprint density at radius 3 is 3.05 bits per heavy atom. The van der Waals surface area contributed by atoms with Gasteiger partial charge in [0.15, 0.2) is 5.58 Å². The molecule has 1 aliphatic rings. The van der Waals surface area contributed by atoms with Crippen molar-refractivity contribution in [3.8, 4) is 0 Å². The van der Waals surface area contributed by atoms with Gasteiger partial charge in [0.25, 0.3) is 0 Å². The van der Waals surface area contributed by atoms with E-state index in [4.69, 9.17) is 9.52 Å². The second kappa shape index (κ2) is 4.43. The van der Waals surface area contributed by atoms with Crippen molar-refractivity contribution >= 4 is 17.1 Å². The summed E-state index contributed by atoms with van der Waals surface area (Å²) in [6, 6.07) is 4.96. The molecule has 1 unspecified atom stereocenters. The molecule has 3 N–H and O–H groups in total. The van der Waals surface area contributed by atoms with Crippen molar-refractivity contribution in [2.75, 3.05) is 19.7 Å². The Morgan fingerprint density at radius 2 is 2.26 bits per heavy atom. The number of nitrogens with one attached hydrogen (secondary N) is 2. The summed E-state index contributed by atoms with van der Waals surface area (Å²) in [6.07, 6.45) is 0. The number of carbonyl (C=O) groups excluding carboxylic acids is 1. The first-order chi connectivity index (χ1) is 9.17. The number of aromatic nitrogens is 1. The first-order valence-electron chi connectivity index (χ1n) is 5.96. The number of H-pyrrole nitrogens is 1. The number of fused-ring (bicyclic) bond motifs is 1. The number of urea groups is 1. The summed E-state index contributed by atoms with van der Waals surface area (Å²) in [4.78, 5) is 26.8. The fourth-order valence-corrected chi connectivity index (χ4v) is 2.27. The normalized spacial score (nSPS) is 19.1. The first-order valence-corrected chi connectivity index (χ1v) is 5.96. The van der Waals surface area contributed by atoms with Gasteiger partial charge in [-0.05, 0) is 17.7 Å². The molecule has 2 amide bonds. The Hall–Kier alpha value is -2.28. The van der Waals surface area contributed by atoms with E-state index in [1.807, 2.05) is 6.07 Å². The van der Waals surface area contributed by atoms with Gasteiger partial charge in [-0.3, -0.25) is 4.98 Å². The first kappa shape index (κ1) is 11.8. The van der Waals surface area contributed by atoms with Gasteiger partial charge in [-0.2, -0.15) is 0 Å². The Kier molecular flexibility index (Phi) is 2.75. The number of β-amino-alcohol motifs (C(OH)–C–C–N with tert-alkyl or cyclic N) is 1. The molecule has 0 bridgehead atoms. The lowest BCUT2D eigenvalue weighted by Crippen LogP contribution is -2.30. The predicted octanol–water partition coefficient (Wildman–Crippen LogP) is 0.180. The highest BCUT2D eigenvalue weighted by Crippen LogP contribution is 2.23. The molecule has 19 heavy (non-hydrogen) atoms. The molecule has 1 atom stereocenters. The van der Waals surface area contributed by atoms with Crippen LogP contribution in [0.4, 0.5) is 4.79 Å². The number of aliphatic hydroxyl groups excluding tert-OH is 1. The van der Waals surface area contributed by atoms with E-state index in [2.05, 4.69) is 10.3 Å². The van der Waals surface area contributed by atoms with Gasteiger partial charge in [-0.15, -0.1) is 0 Å². The van der Waals surface area contributed by atoms with Crippen molar-refractivity contribution in [2.24, 2.45) is 0 Å². The lowest BCUT2D eigenvalue weighted by Gasteiger charge is -2.12. The maximum absolute atomic E-state index is 11.6. The summed E-state index contributed by atoms with van der Waals surface area (Å²) >= 11 is 0. The highest BCUT2D eigenvalue weighted by Gasteiger charge is 2.29. The van der Waals surface area contributed by atoms with Gasteiger partial charge < -0.3 is 19.7 Å². The van der Waals surface area contributed by atoms with Crippen LogP contribution in [0, 0.1) is 0 Å². The van der Waals surface area contributed by atoms with Gasteiger partial charge >= 0.3 is 11.8 Å². The summed E-state index contributed by atoms with van der Waals surface area (Å²) in [6.45, 7) is 0.731. The highest BCUT2D eigenvalue weighted by molar-refractivity contribution is 5.78. The molecule has 0 aliphatic carbocycles. The maximum atomic E-state index is 11.6. The van der Waals surface area contributed by atoms with Crippen LogP contribution in [0.5, 0.6) is 0 Å². The Bertz CT molecular complexity index is 675. The number of oxazole rings is 1. The van der Waals surface area contributed by atoms with Crippen LogP contribution in [0.2, 0.25) is 0 Å². The van der Waals surface area contributed by atoms with Gasteiger partial charge in [-0.1, -0.05) is 6.07 Å². The standard InChI is InChI=1S/C12H13N3O4/c16-4-3-15-6-9(13-11(15)17)7-1-2-8-10(5-7)19-12(18)14-8/h1-2,5,9,16H,3-4,6H2,(H,13,17)(H,14,18). The zero-order valence-electron chi connectivity index (χ0n) is 10.0.